The third-order valence-corrected chi connectivity index (χ3v) is 5.76. The van der Waals surface area contributed by atoms with Crippen molar-refractivity contribution in [2.75, 3.05) is 6.61 Å². The van der Waals surface area contributed by atoms with Crippen LogP contribution in [0.1, 0.15) is 91.9 Å². The zero-order chi connectivity index (χ0) is 15.7. The molecule has 1 fully saturated rings. The predicted octanol–water partition coefficient (Wildman–Crippen LogP) is 6.05. The van der Waals surface area contributed by atoms with Gasteiger partial charge in [0.05, 0.1) is 0 Å². The van der Waals surface area contributed by atoms with Crippen LogP contribution in [0.15, 0.2) is 0 Å². The van der Waals surface area contributed by atoms with Crippen molar-refractivity contribution in [2.45, 2.75) is 91.9 Å². The highest BCUT2D eigenvalue weighted by Gasteiger charge is 2.28. The van der Waals surface area contributed by atoms with Gasteiger partial charge in [-0.05, 0) is 48.9 Å². The number of hydrogen-bond donors (Lipinski definition) is 1. The molecule has 1 aliphatic carbocycles. The van der Waals surface area contributed by atoms with Crippen LogP contribution in [0.4, 0.5) is 0 Å². The lowest BCUT2D eigenvalue weighted by molar-refractivity contribution is 0.254. The zero-order valence-electron chi connectivity index (χ0n) is 15.1. The molecule has 1 rings (SSSR count). The minimum absolute atomic E-state index is 0.362. The highest BCUT2D eigenvalue weighted by atomic mass is 16.3. The molecule has 0 heterocycles. The lowest BCUT2D eigenvalue weighted by Crippen LogP contribution is -2.09. The van der Waals surface area contributed by atoms with Crippen LogP contribution in [-0.4, -0.2) is 11.7 Å². The van der Waals surface area contributed by atoms with Gasteiger partial charge in [-0.25, -0.2) is 0 Å². The fourth-order valence-corrected chi connectivity index (χ4v) is 4.10. The molecule has 4 atom stereocenters. The van der Waals surface area contributed by atoms with E-state index in [1.807, 2.05) is 0 Å². The summed E-state index contributed by atoms with van der Waals surface area (Å²) in [6.45, 7) is 9.82. The summed E-state index contributed by atoms with van der Waals surface area (Å²) in [6.07, 6.45) is 13.9. The first-order valence-corrected chi connectivity index (χ1v) is 9.63. The molecule has 0 aromatic carbocycles. The fraction of sp³-hybridized carbons (Fsp3) is 1.00. The van der Waals surface area contributed by atoms with E-state index in [4.69, 9.17) is 5.11 Å². The molecule has 1 heteroatoms. The van der Waals surface area contributed by atoms with E-state index < -0.39 is 0 Å². The first-order chi connectivity index (χ1) is 10.0. The van der Waals surface area contributed by atoms with Gasteiger partial charge < -0.3 is 5.11 Å². The monoisotopic (exact) mass is 296 g/mol. The fourth-order valence-electron chi connectivity index (χ4n) is 4.10. The van der Waals surface area contributed by atoms with E-state index in [0.717, 1.165) is 30.1 Å². The molecule has 0 bridgehead atoms. The molecule has 0 aromatic rings. The van der Waals surface area contributed by atoms with Crippen molar-refractivity contribution in [1.29, 1.82) is 0 Å². The van der Waals surface area contributed by atoms with Crippen LogP contribution in [-0.2, 0) is 0 Å². The van der Waals surface area contributed by atoms with Gasteiger partial charge in [0.15, 0.2) is 0 Å². The Morgan fingerprint density at radius 3 is 2.33 bits per heavy atom. The van der Waals surface area contributed by atoms with E-state index in [1.165, 1.54) is 57.8 Å². The molecule has 1 aliphatic rings. The molecule has 21 heavy (non-hydrogen) atoms. The Morgan fingerprint density at radius 1 is 0.905 bits per heavy atom. The van der Waals surface area contributed by atoms with Crippen molar-refractivity contribution in [3.63, 3.8) is 0 Å². The van der Waals surface area contributed by atoms with E-state index in [-0.39, 0.29) is 0 Å². The maximum absolute atomic E-state index is 8.95. The van der Waals surface area contributed by atoms with Gasteiger partial charge in [-0.3, -0.25) is 0 Å². The number of aliphatic hydroxyl groups excluding tert-OH is 1. The van der Waals surface area contributed by atoms with Gasteiger partial charge in [-0.15, -0.1) is 0 Å². The van der Waals surface area contributed by atoms with E-state index in [2.05, 4.69) is 27.7 Å². The van der Waals surface area contributed by atoms with E-state index in [9.17, 15) is 0 Å². The quantitative estimate of drug-likeness (QED) is 0.492. The third kappa shape index (κ3) is 8.24. The summed E-state index contributed by atoms with van der Waals surface area (Å²) in [5.41, 5.74) is 0. The van der Waals surface area contributed by atoms with Crippen LogP contribution < -0.4 is 0 Å². The van der Waals surface area contributed by atoms with Crippen LogP contribution in [0.25, 0.3) is 0 Å². The summed E-state index contributed by atoms with van der Waals surface area (Å²) in [5.74, 6) is 4.54. The molecule has 1 saturated carbocycles. The standard InChI is InChI=1S/C20H40O/c1-16(2)7-5-9-18(4)20-12-11-19(15-20)10-6-8-17(3)13-14-21/h16-21H,5-15H2,1-4H3/t17-,18+,19+,20+/m1/s1. The molecule has 0 spiro atoms. The predicted molar refractivity (Wildman–Crippen MR) is 93.4 cm³/mol. The first kappa shape index (κ1) is 19.0. The second-order valence-electron chi connectivity index (χ2n) is 8.29. The van der Waals surface area contributed by atoms with Gasteiger partial charge in [0.2, 0.25) is 0 Å². The summed E-state index contributed by atoms with van der Waals surface area (Å²) in [4.78, 5) is 0. The Hall–Kier alpha value is -0.0400. The lowest BCUT2D eigenvalue weighted by atomic mass is 9.86. The highest BCUT2D eigenvalue weighted by molar-refractivity contribution is 4.79. The number of hydrogen-bond acceptors (Lipinski definition) is 1. The van der Waals surface area contributed by atoms with Gasteiger partial charge in [0.25, 0.3) is 0 Å². The largest absolute Gasteiger partial charge is 0.396 e. The molecule has 126 valence electrons. The Labute approximate surface area is 133 Å². The van der Waals surface area contributed by atoms with E-state index in [0.29, 0.717) is 12.5 Å². The topological polar surface area (TPSA) is 20.2 Å². The number of rotatable bonds is 11. The molecule has 0 saturated heterocycles. The molecular formula is C20H40O. The van der Waals surface area contributed by atoms with Crippen molar-refractivity contribution in [3.05, 3.63) is 0 Å². The number of aliphatic hydroxyl groups is 1. The van der Waals surface area contributed by atoms with Crippen LogP contribution in [0.2, 0.25) is 0 Å². The van der Waals surface area contributed by atoms with E-state index >= 15 is 0 Å². The van der Waals surface area contributed by atoms with Gasteiger partial charge in [0, 0.05) is 6.61 Å². The molecule has 0 aliphatic heterocycles. The van der Waals surface area contributed by atoms with Crippen molar-refractivity contribution >= 4 is 0 Å². The Balaban J connectivity index is 2.11. The second-order valence-corrected chi connectivity index (χ2v) is 8.29. The zero-order valence-corrected chi connectivity index (χ0v) is 15.1. The first-order valence-electron chi connectivity index (χ1n) is 9.63. The average Bonchev–Trinajstić information content (AvgIpc) is 2.87. The molecule has 0 aromatic heterocycles. The summed E-state index contributed by atoms with van der Waals surface area (Å²) in [6, 6.07) is 0. The minimum Gasteiger partial charge on any atom is -0.396 e. The SMILES string of the molecule is CC(C)CCC[C@H](C)[C@H]1CC[C@H](CCC[C@@H](C)CCO)C1. The van der Waals surface area contributed by atoms with Gasteiger partial charge in [-0.1, -0.05) is 72.6 Å². The maximum Gasteiger partial charge on any atom is 0.0433 e. The summed E-state index contributed by atoms with van der Waals surface area (Å²) in [7, 11) is 0. The lowest BCUT2D eigenvalue weighted by Gasteiger charge is -2.20. The Kier molecular flexibility index (Phi) is 9.64. The molecule has 0 radical (unpaired) electrons. The van der Waals surface area contributed by atoms with Crippen molar-refractivity contribution < 1.29 is 5.11 Å². The van der Waals surface area contributed by atoms with Gasteiger partial charge in [-0.2, -0.15) is 0 Å². The Bertz CT molecular complexity index is 248. The van der Waals surface area contributed by atoms with Gasteiger partial charge in [0.1, 0.15) is 0 Å². The molecule has 0 unspecified atom stereocenters. The Morgan fingerprint density at radius 2 is 1.67 bits per heavy atom. The van der Waals surface area contributed by atoms with Crippen LogP contribution in [0.5, 0.6) is 0 Å². The summed E-state index contributed by atoms with van der Waals surface area (Å²) in [5, 5.41) is 8.95. The van der Waals surface area contributed by atoms with Crippen molar-refractivity contribution in [3.8, 4) is 0 Å². The average molecular weight is 297 g/mol. The van der Waals surface area contributed by atoms with E-state index in [1.54, 1.807) is 0 Å². The maximum atomic E-state index is 8.95. The second kappa shape index (κ2) is 10.6. The molecule has 1 N–H and O–H groups in total. The minimum atomic E-state index is 0.362. The summed E-state index contributed by atoms with van der Waals surface area (Å²) < 4.78 is 0. The molecule has 1 nitrogen and oxygen atoms in total. The van der Waals surface area contributed by atoms with Crippen molar-refractivity contribution in [2.24, 2.45) is 29.6 Å². The smallest absolute Gasteiger partial charge is 0.0433 e. The third-order valence-electron chi connectivity index (χ3n) is 5.76. The van der Waals surface area contributed by atoms with Crippen LogP contribution >= 0.6 is 0 Å². The van der Waals surface area contributed by atoms with Crippen LogP contribution in [0.3, 0.4) is 0 Å². The van der Waals surface area contributed by atoms with Crippen molar-refractivity contribution in [1.82, 2.24) is 0 Å². The molecular weight excluding hydrogens is 256 g/mol. The van der Waals surface area contributed by atoms with Gasteiger partial charge >= 0.3 is 0 Å². The highest BCUT2D eigenvalue weighted by Crippen LogP contribution is 2.40. The normalized spacial score (nSPS) is 25.4. The molecule has 0 amide bonds. The van der Waals surface area contributed by atoms with Crippen LogP contribution in [0, 0.1) is 29.6 Å². The summed E-state index contributed by atoms with van der Waals surface area (Å²) >= 11 is 0.